The van der Waals surface area contributed by atoms with Gasteiger partial charge in [0.15, 0.2) is 0 Å². The molecule has 0 fully saturated rings. The normalized spacial score (nSPS) is 11.2. The summed E-state index contributed by atoms with van der Waals surface area (Å²) in [4.78, 5) is 0. The topological polar surface area (TPSA) is 0 Å². The van der Waals surface area contributed by atoms with Crippen LogP contribution in [0.3, 0.4) is 0 Å². The quantitative estimate of drug-likeness (QED) is 0.560. The van der Waals surface area contributed by atoms with Crippen molar-refractivity contribution in [3.63, 3.8) is 0 Å². The van der Waals surface area contributed by atoms with Gasteiger partial charge < -0.3 is 0 Å². The van der Waals surface area contributed by atoms with Crippen LogP contribution in [0.4, 0.5) is 0 Å². The molecule has 0 aromatic heterocycles. The van der Waals surface area contributed by atoms with Gasteiger partial charge in [-0.05, 0) is 55.9 Å². The molecule has 0 aliphatic heterocycles. The molecule has 0 amide bonds. The Hall–Kier alpha value is -0.960. The highest BCUT2D eigenvalue weighted by atomic mass is 14.0. The van der Waals surface area contributed by atoms with Crippen LogP contribution in [0.1, 0.15) is 40.5 Å². The molecule has 0 bridgehead atoms. The fourth-order valence-electron chi connectivity index (χ4n) is 1.04. The van der Waals surface area contributed by atoms with Gasteiger partial charge in [0.25, 0.3) is 0 Å². The van der Waals surface area contributed by atoms with Crippen molar-refractivity contribution in [1.82, 2.24) is 0 Å². The average molecular weight is 190 g/mol. The van der Waals surface area contributed by atoms with Crippen LogP contribution >= 0.6 is 0 Å². The van der Waals surface area contributed by atoms with Crippen LogP contribution in [-0.2, 0) is 0 Å². The van der Waals surface area contributed by atoms with E-state index in [1.165, 1.54) is 6.42 Å². The van der Waals surface area contributed by atoms with E-state index < -0.39 is 0 Å². The zero-order valence-electron chi connectivity index (χ0n) is 9.88. The van der Waals surface area contributed by atoms with Crippen molar-refractivity contribution in [2.75, 3.05) is 0 Å². The minimum Gasteiger partial charge on any atom is -0.130 e. The molecule has 0 aromatic carbocycles. The first-order chi connectivity index (χ1) is 6.66. The smallest absolute Gasteiger partial charge is 0.0183 e. The lowest BCUT2D eigenvalue weighted by Crippen LogP contribution is -1.86. The molecule has 0 heteroatoms. The Morgan fingerprint density at radius 1 is 1.07 bits per heavy atom. The van der Waals surface area contributed by atoms with Crippen LogP contribution in [0, 0.1) is 11.8 Å². The minimum atomic E-state index is 0.598. The van der Waals surface area contributed by atoms with Gasteiger partial charge in [-0.3, -0.25) is 0 Å². The summed E-state index contributed by atoms with van der Waals surface area (Å²) >= 11 is 0. The summed E-state index contributed by atoms with van der Waals surface area (Å²) in [6.45, 7) is 8.55. The third kappa shape index (κ3) is 9.13. The summed E-state index contributed by atoms with van der Waals surface area (Å²) in [7, 11) is 0. The van der Waals surface area contributed by atoms with Crippen molar-refractivity contribution in [2.45, 2.75) is 40.5 Å². The predicted molar refractivity (Wildman–Crippen MR) is 64.2 cm³/mol. The Balaban J connectivity index is 3.81. The molecule has 0 heterocycles. The number of hydrogen-bond acceptors (Lipinski definition) is 0. The lowest BCUT2D eigenvalue weighted by Gasteiger charge is -1.99. The van der Waals surface area contributed by atoms with Crippen molar-refractivity contribution < 1.29 is 0 Å². The highest BCUT2D eigenvalue weighted by molar-refractivity contribution is 4.91. The van der Waals surface area contributed by atoms with E-state index in [2.05, 4.69) is 50.5 Å². The first-order valence-corrected chi connectivity index (χ1v) is 5.45. The van der Waals surface area contributed by atoms with Crippen LogP contribution in [0.2, 0.25) is 0 Å². The molecule has 78 valence electrons. The lowest BCUT2D eigenvalue weighted by molar-refractivity contribution is 0.658. The first-order valence-electron chi connectivity index (χ1n) is 5.45. The number of allylic oxidation sites excluding steroid dienone is 2. The van der Waals surface area contributed by atoms with Crippen molar-refractivity contribution in [2.24, 2.45) is 11.8 Å². The van der Waals surface area contributed by atoms with Crippen molar-refractivity contribution in [3.05, 3.63) is 35.8 Å². The van der Waals surface area contributed by atoms with E-state index in [1.54, 1.807) is 0 Å². The van der Waals surface area contributed by atoms with E-state index in [0.29, 0.717) is 11.8 Å². The molecule has 0 saturated carbocycles. The molecular formula is C14H22. The summed E-state index contributed by atoms with van der Waals surface area (Å²) in [5.41, 5.74) is 6.32. The van der Waals surface area contributed by atoms with E-state index >= 15 is 0 Å². The second-order valence-corrected chi connectivity index (χ2v) is 3.96. The van der Waals surface area contributed by atoms with Crippen molar-refractivity contribution in [1.29, 1.82) is 0 Å². The number of hydrogen-bond donors (Lipinski definition) is 0. The molecule has 1 atom stereocenters. The Kier molecular flexibility index (Phi) is 8.04. The molecule has 0 aromatic rings. The molecule has 0 radical (unpaired) electrons. The summed E-state index contributed by atoms with van der Waals surface area (Å²) in [6, 6.07) is 0. The largest absolute Gasteiger partial charge is 0.130 e. The van der Waals surface area contributed by atoms with Gasteiger partial charge in [-0.1, -0.05) is 20.8 Å². The van der Waals surface area contributed by atoms with E-state index in [-0.39, 0.29) is 0 Å². The molecule has 14 heavy (non-hydrogen) atoms. The minimum absolute atomic E-state index is 0.598. The van der Waals surface area contributed by atoms with E-state index in [9.17, 15) is 0 Å². The van der Waals surface area contributed by atoms with Crippen LogP contribution in [0.5, 0.6) is 0 Å². The Morgan fingerprint density at radius 3 is 2.36 bits per heavy atom. The van der Waals surface area contributed by atoms with Crippen LogP contribution in [0.25, 0.3) is 0 Å². The van der Waals surface area contributed by atoms with Crippen LogP contribution in [0.15, 0.2) is 35.8 Å². The summed E-state index contributed by atoms with van der Waals surface area (Å²) in [5, 5.41) is 0. The molecule has 0 aliphatic rings. The zero-order valence-corrected chi connectivity index (χ0v) is 9.88. The van der Waals surface area contributed by atoms with E-state index in [1.807, 2.05) is 13.0 Å². The molecule has 0 spiro atoms. The molecule has 0 N–H and O–H groups in total. The average Bonchev–Trinajstić information content (AvgIpc) is 2.12. The third-order valence-electron chi connectivity index (χ3n) is 1.86. The maximum atomic E-state index is 3.23. The van der Waals surface area contributed by atoms with Gasteiger partial charge in [-0.2, -0.15) is 0 Å². The van der Waals surface area contributed by atoms with Gasteiger partial charge in [0.2, 0.25) is 0 Å². The molecule has 0 nitrogen and oxygen atoms in total. The summed E-state index contributed by atoms with van der Waals surface area (Å²) in [5.74, 6) is 1.21. The van der Waals surface area contributed by atoms with Gasteiger partial charge >= 0.3 is 0 Å². The van der Waals surface area contributed by atoms with E-state index in [4.69, 9.17) is 0 Å². The Labute approximate surface area is 88.7 Å². The number of rotatable bonds is 5. The third-order valence-corrected chi connectivity index (χ3v) is 1.86. The van der Waals surface area contributed by atoms with Gasteiger partial charge in [0.1, 0.15) is 0 Å². The van der Waals surface area contributed by atoms with E-state index in [0.717, 1.165) is 6.42 Å². The van der Waals surface area contributed by atoms with Crippen molar-refractivity contribution >= 4 is 0 Å². The highest BCUT2D eigenvalue weighted by Crippen LogP contribution is 2.06. The molecule has 1 unspecified atom stereocenters. The van der Waals surface area contributed by atoms with Crippen molar-refractivity contribution in [3.8, 4) is 0 Å². The van der Waals surface area contributed by atoms with Gasteiger partial charge in [-0.15, -0.1) is 11.5 Å². The SMILES string of the molecule is CC=C=CCCC(C)C=C=CC(C)C. The maximum Gasteiger partial charge on any atom is -0.0183 e. The first kappa shape index (κ1) is 13.0. The fraction of sp³-hybridized carbons (Fsp3) is 0.571. The molecular weight excluding hydrogens is 168 g/mol. The van der Waals surface area contributed by atoms with Crippen LogP contribution in [-0.4, -0.2) is 0 Å². The molecule has 0 saturated heterocycles. The zero-order chi connectivity index (χ0) is 10.8. The molecule has 0 rings (SSSR count). The predicted octanol–water partition coefficient (Wildman–Crippen LogP) is 4.50. The highest BCUT2D eigenvalue weighted by Gasteiger charge is 1.93. The second kappa shape index (κ2) is 8.63. The standard InChI is InChI=1S/C14H22/c1-5-6-7-8-11-14(4)12-9-10-13(2)3/h5,7,10,12-14H,8,11H2,1-4H3. The summed E-state index contributed by atoms with van der Waals surface area (Å²) in [6.07, 6.45) is 10.6. The fourth-order valence-corrected chi connectivity index (χ4v) is 1.04. The monoisotopic (exact) mass is 190 g/mol. The maximum absolute atomic E-state index is 3.23. The second-order valence-electron chi connectivity index (χ2n) is 3.96. The van der Waals surface area contributed by atoms with Gasteiger partial charge in [0, 0.05) is 0 Å². The summed E-state index contributed by atoms with van der Waals surface area (Å²) < 4.78 is 0. The Bertz CT molecular complexity index is 243. The van der Waals surface area contributed by atoms with Gasteiger partial charge in [0.05, 0.1) is 0 Å². The Morgan fingerprint density at radius 2 is 1.79 bits per heavy atom. The lowest BCUT2D eigenvalue weighted by atomic mass is 10.1. The van der Waals surface area contributed by atoms with Gasteiger partial charge in [-0.25, -0.2) is 0 Å². The van der Waals surface area contributed by atoms with Crippen LogP contribution < -0.4 is 0 Å². The molecule has 0 aliphatic carbocycles.